The predicted octanol–water partition coefficient (Wildman–Crippen LogP) is 2.62. The van der Waals surface area contributed by atoms with Crippen molar-refractivity contribution in [2.45, 2.75) is 44.9 Å². The second kappa shape index (κ2) is 6.38. The molecule has 126 valence electrons. The van der Waals surface area contributed by atoms with Gasteiger partial charge in [0.05, 0.1) is 0 Å². The molecule has 0 saturated carbocycles. The molecule has 0 atom stereocenters. The number of aryl methyl sites for hydroxylation is 1. The van der Waals surface area contributed by atoms with Crippen LogP contribution in [0.3, 0.4) is 0 Å². The Hall–Kier alpha value is -2.17. The van der Waals surface area contributed by atoms with Crippen LogP contribution >= 0.6 is 0 Å². The number of carbonyl (C=O) groups excluding carboxylic acids is 1. The molecule has 0 bridgehead atoms. The summed E-state index contributed by atoms with van der Waals surface area (Å²) in [6.45, 7) is 3.59. The quantitative estimate of drug-likeness (QED) is 0.944. The second-order valence-corrected chi connectivity index (χ2v) is 7.18. The Morgan fingerprint density at radius 2 is 1.88 bits per heavy atom. The lowest BCUT2D eigenvalue weighted by atomic mass is 9.95. The monoisotopic (exact) mass is 324 g/mol. The van der Waals surface area contributed by atoms with E-state index in [4.69, 9.17) is 0 Å². The zero-order valence-electron chi connectivity index (χ0n) is 14.2. The van der Waals surface area contributed by atoms with Gasteiger partial charge in [-0.25, -0.2) is 4.98 Å². The van der Waals surface area contributed by atoms with Crippen LogP contribution in [0.4, 0.5) is 0 Å². The van der Waals surface area contributed by atoms with Gasteiger partial charge in [-0.2, -0.15) is 5.10 Å². The van der Waals surface area contributed by atoms with Crippen LogP contribution in [0, 0.1) is 12.8 Å². The number of rotatable bonds is 3. The van der Waals surface area contributed by atoms with Gasteiger partial charge in [0, 0.05) is 25.4 Å². The van der Waals surface area contributed by atoms with Crippen LogP contribution in [0.1, 0.15) is 48.0 Å². The van der Waals surface area contributed by atoms with Gasteiger partial charge in [0.25, 0.3) is 0 Å². The molecule has 2 aromatic rings. The Kier molecular flexibility index (Phi) is 4.08. The first-order valence-corrected chi connectivity index (χ1v) is 8.92. The number of hydrogen-bond donors (Lipinski definition) is 1. The second-order valence-electron chi connectivity index (χ2n) is 7.18. The SMILES string of the molecule is Cc1nc(C2CCN(C(=O)CC3Cc4ccccc4C3)CC2)n[nH]1. The molecule has 0 unspecified atom stereocenters. The van der Waals surface area contributed by atoms with Gasteiger partial charge in [-0.05, 0) is 49.7 Å². The van der Waals surface area contributed by atoms with Crippen LogP contribution in [0.2, 0.25) is 0 Å². The molecular weight excluding hydrogens is 300 g/mol. The van der Waals surface area contributed by atoms with Gasteiger partial charge in [-0.15, -0.1) is 0 Å². The number of piperidine rings is 1. The van der Waals surface area contributed by atoms with E-state index >= 15 is 0 Å². The molecule has 1 aromatic heterocycles. The van der Waals surface area contributed by atoms with E-state index in [2.05, 4.69) is 39.4 Å². The standard InChI is InChI=1S/C19H24N4O/c1-13-20-19(22-21-13)15-6-8-23(9-7-15)18(24)12-14-10-16-4-2-3-5-17(16)11-14/h2-5,14-15H,6-12H2,1H3,(H,20,21,22). The molecule has 1 fully saturated rings. The summed E-state index contributed by atoms with van der Waals surface area (Å²) in [5.74, 6) is 2.95. The van der Waals surface area contributed by atoms with Gasteiger partial charge in [-0.1, -0.05) is 24.3 Å². The summed E-state index contributed by atoms with van der Waals surface area (Å²) in [7, 11) is 0. The van der Waals surface area contributed by atoms with Gasteiger partial charge in [0.1, 0.15) is 5.82 Å². The first-order chi connectivity index (χ1) is 11.7. The fourth-order valence-electron chi connectivity index (χ4n) is 4.10. The van der Waals surface area contributed by atoms with Crippen LogP contribution < -0.4 is 0 Å². The van der Waals surface area contributed by atoms with Crippen molar-refractivity contribution >= 4 is 5.91 Å². The molecule has 0 radical (unpaired) electrons. The molecule has 1 amide bonds. The number of nitrogens with one attached hydrogen (secondary N) is 1. The highest BCUT2D eigenvalue weighted by molar-refractivity contribution is 5.76. The van der Waals surface area contributed by atoms with Gasteiger partial charge in [0.15, 0.2) is 5.82 Å². The van der Waals surface area contributed by atoms with Crippen LogP contribution in [-0.2, 0) is 17.6 Å². The minimum atomic E-state index is 0.317. The number of H-pyrrole nitrogens is 1. The summed E-state index contributed by atoms with van der Waals surface area (Å²) < 4.78 is 0. The molecule has 5 heteroatoms. The molecule has 2 heterocycles. The largest absolute Gasteiger partial charge is 0.343 e. The maximum Gasteiger partial charge on any atom is 0.222 e. The summed E-state index contributed by atoms with van der Waals surface area (Å²) in [5, 5.41) is 7.19. The van der Waals surface area contributed by atoms with Crippen molar-refractivity contribution in [3.05, 3.63) is 47.0 Å². The van der Waals surface area contributed by atoms with Crippen LogP contribution in [0.15, 0.2) is 24.3 Å². The Labute approximate surface area is 142 Å². The number of amides is 1. The number of fused-ring (bicyclic) bond motifs is 1. The Morgan fingerprint density at radius 1 is 1.21 bits per heavy atom. The van der Waals surface area contributed by atoms with Crippen molar-refractivity contribution in [2.75, 3.05) is 13.1 Å². The molecule has 24 heavy (non-hydrogen) atoms. The third-order valence-corrected chi connectivity index (χ3v) is 5.43. The zero-order chi connectivity index (χ0) is 16.5. The topological polar surface area (TPSA) is 61.9 Å². The van der Waals surface area contributed by atoms with E-state index in [9.17, 15) is 4.79 Å². The fourth-order valence-corrected chi connectivity index (χ4v) is 4.10. The number of aromatic amines is 1. The van der Waals surface area contributed by atoms with E-state index in [1.165, 1.54) is 11.1 Å². The highest BCUT2D eigenvalue weighted by atomic mass is 16.2. The molecule has 1 aromatic carbocycles. The van der Waals surface area contributed by atoms with Gasteiger partial charge < -0.3 is 4.90 Å². The molecule has 1 aliphatic heterocycles. The molecule has 1 N–H and O–H groups in total. The predicted molar refractivity (Wildman–Crippen MR) is 91.6 cm³/mol. The maximum absolute atomic E-state index is 12.6. The number of aromatic nitrogens is 3. The third kappa shape index (κ3) is 3.07. The van der Waals surface area contributed by atoms with Crippen molar-refractivity contribution in [1.29, 1.82) is 0 Å². The van der Waals surface area contributed by atoms with Crippen molar-refractivity contribution in [2.24, 2.45) is 5.92 Å². The summed E-state index contributed by atoms with van der Waals surface area (Å²) in [6, 6.07) is 8.59. The summed E-state index contributed by atoms with van der Waals surface area (Å²) in [6.07, 6.45) is 4.71. The normalized spacial score (nSPS) is 18.8. The van der Waals surface area contributed by atoms with E-state index in [0.717, 1.165) is 50.4 Å². The summed E-state index contributed by atoms with van der Waals surface area (Å²) in [4.78, 5) is 19.1. The molecule has 0 spiro atoms. The maximum atomic E-state index is 12.6. The fraction of sp³-hybridized carbons (Fsp3) is 0.526. The van der Waals surface area contributed by atoms with E-state index in [1.54, 1.807) is 0 Å². The molecule has 1 aliphatic carbocycles. The Balaban J connectivity index is 1.29. The number of likely N-dealkylation sites (tertiary alicyclic amines) is 1. The number of nitrogens with zero attached hydrogens (tertiary/aromatic N) is 3. The Morgan fingerprint density at radius 3 is 2.46 bits per heavy atom. The number of benzene rings is 1. The average Bonchev–Trinajstić information content (AvgIpc) is 3.20. The van der Waals surface area contributed by atoms with Gasteiger partial charge in [0.2, 0.25) is 5.91 Å². The zero-order valence-corrected chi connectivity index (χ0v) is 14.2. The smallest absolute Gasteiger partial charge is 0.222 e. The summed E-state index contributed by atoms with van der Waals surface area (Å²) in [5.41, 5.74) is 2.85. The minimum absolute atomic E-state index is 0.317. The van der Waals surface area contributed by atoms with Crippen molar-refractivity contribution < 1.29 is 4.79 Å². The minimum Gasteiger partial charge on any atom is -0.343 e. The van der Waals surface area contributed by atoms with Gasteiger partial charge in [-0.3, -0.25) is 9.89 Å². The molecular formula is C19H24N4O. The molecule has 1 saturated heterocycles. The lowest BCUT2D eigenvalue weighted by Gasteiger charge is -2.31. The van der Waals surface area contributed by atoms with Crippen molar-refractivity contribution in [3.63, 3.8) is 0 Å². The van der Waals surface area contributed by atoms with Crippen LogP contribution in [-0.4, -0.2) is 39.1 Å². The lowest BCUT2D eigenvalue weighted by molar-refractivity contribution is -0.133. The van der Waals surface area contributed by atoms with Crippen molar-refractivity contribution in [1.82, 2.24) is 20.1 Å². The van der Waals surface area contributed by atoms with Crippen LogP contribution in [0.25, 0.3) is 0 Å². The number of carbonyl (C=O) groups is 1. The van der Waals surface area contributed by atoms with E-state index in [0.29, 0.717) is 24.2 Å². The highest BCUT2D eigenvalue weighted by Gasteiger charge is 2.29. The van der Waals surface area contributed by atoms with E-state index in [-0.39, 0.29) is 0 Å². The van der Waals surface area contributed by atoms with Gasteiger partial charge >= 0.3 is 0 Å². The van der Waals surface area contributed by atoms with Crippen LogP contribution in [0.5, 0.6) is 0 Å². The first-order valence-electron chi connectivity index (χ1n) is 8.92. The lowest BCUT2D eigenvalue weighted by Crippen LogP contribution is -2.39. The highest BCUT2D eigenvalue weighted by Crippen LogP contribution is 2.30. The molecule has 2 aliphatic rings. The Bertz CT molecular complexity index is 705. The van der Waals surface area contributed by atoms with E-state index in [1.807, 2.05) is 11.8 Å². The third-order valence-electron chi connectivity index (χ3n) is 5.43. The summed E-state index contributed by atoms with van der Waals surface area (Å²) >= 11 is 0. The average molecular weight is 324 g/mol. The molecule has 4 rings (SSSR count). The van der Waals surface area contributed by atoms with Crippen molar-refractivity contribution in [3.8, 4) is 0 Å². The first kappa shape index (κ1) is 15.4. The number of hydrogen-bond acceptors (Lipinski definition) is 3. The molecule has 5 nitrogen and oxygen atoms in total. The van der Waals surface area contributed by atoms with E-state index < -0.39 is 0 Å².